The number of aromatic nitrogens is 2. The molecule has 3 heteroatoms. The van der Waals surface area contributed by atoms with Gasteiger partial charge in [0.15, 0.2) is 0 Å². The van der Waals surface area contributed by atoms with Crippen LogP contribution in [0.25, 0.3) is 0 Å². The summed E-state index contributed by atoms with van der Waals surface area (Å²) < 4.78 is 2.21. The molecule has 0 fully saturated rings. The molecule has 11 heavy (non-hydrogen) atoms. The van der Waals surface area contributed by atoms with Gasteiger partial charge in [-0.1, -0.05) is 22.9 Å². The second-order valence-corrected chi connectivity index (χ2v) is 3.23. The Bertz CT molecular complexity index is 208. The molecule has 0 unspecified atom stereocenters. The third-order valence-corrected chi connectivity index (χ3v) is 2.21. The molecular formula is C8H13BrN2. The molecule has 0 atom stereocenters. The van der Waals surface area contributed by atoms with Crippen molar-refractivity contribution in [1.29, 1.82) is 0 Å². The van der Waals surface area contributed by atoms with Gasteiger partial charge in [-0.2, -0.15) is 0 Å². The van der Waals surface area contributed by atoms with E-state index in [1.165, 1.54) is 12.2 Å². The zero-order valence-electron chi connectivity index (χ0n) is 6.76. The number of nitrogens with zero attached hydrogens (tertiary/aromatic N) is 2. The molecule has 1 aromatic heterocycles. The van der Waals surface area contributed by atoms with Crippen molar-refractivity contribution in [3.8, 4) is 0 Å². The molecule has 0 saturated heterocycles. The SMILES string of the molecule is CCc1nccn1CCCBr. The monoisotopic (exact) mass is 216 g/mol. The lowest BCUT2D eigenvalue weighted by Crippen LogP contribution is -2.02. The number of aryl methyl sites for hydroxylation is 2. The van der Waals surface area contributed by atoms with Crippen LogP contribution in [0.3, 0.4) is 0 Å². The third kappa shape index (κ3) is 2.33. The molecule has 0 aliphatic heterocycles. The van der Waals surface area contributed by atoms with Gasteiger partial charge in [0.25, 0.3) is 0 Å². The van der Waals surface area contributed by atoms with Crippen molar-refractivity contribution in [2.45, 2.75) is 26.3 Å². The molecule has 0 saturated carbocycles. The van der Waals surface area contributed by atoms with Gasteiger partial charge >= 0.3 is 0 Å². The molecule has 0 spiro atoms. The van der Waals surface area contributed by atoms with Crippen LogP contribution in [0.4, 0.5) is 0 Å². The Kier molecular flexibility index (Phi) is 3.63. The molecule has 0 N–H and O–H groups in total. The summed E-state index contributed by atoms with van der Waals surface area (Å²) in [5.74, 6) is 1.19. The first-order valence-corrected chi connectivity index (χ1v) is 5.06. The van der Waals surface area contributed by atoms with E-state index in [4.69, 9.17) is 0 Å². The maximum Gasteiger partial charge on any atom is 0.108 e. The number of imidazole rings is 1. The van der Waals surface area contributed by atoms with Gasteiger partial charge in [-0.25, -0.2) is 4.98 Å². The Balaban J connectivity index is 2.54. The van der Waals surface area contributed by atoms with Crippen molar-refractivity contribution in [3.05, 3.63) is 18.2 Å². The van der Waals surface area contributed by atoms with Crippen molar-refractivity contribution in [3.63, 3.8) is 0 Å². The molecule has 1 aromatic rings. The average Bonchev–Trinajstić information content (AvgIpc) is 2.47. The van der Waals surface area contributed by atoms with E-state index in [9.17, 15) is 0 Å². The van der Waals surface area contributed by atoms with E-state index in [2.05, 4.69) is 32.4 Å². The van der Waals surface area contributed by atoms with Crippen LogP contribution in [0.2, 0.25) is 0 Å². The van der Waals surface area contributed by atoms with Gasteiger partial charge in [0.1, 0.15) is 5.82 Å². The van der Waals surface area contributed by atoms with Crippen molar-refractivity contribution in [2.75, 3.05) is 5.33 Å². The summed E-state index contributed by atoms with van der Waals surface area (Å²) in [6.45, 7) is 3.21. The summed E-state index contributed by atoms with van der Waals surface area (Å²) in [7, 11) is 0. The fourth-order valence-corrected chi connectivity index (χ4v) is 1.34. The summed E-state index contributed by atoms with van der Waals surface area (Å²) in [5.41, 5.74) is 0. The normalized spacial score (nSPS) is 10.4. The molecular weight excluding hydrogens is 204 g/mol. The molecule has 0 aromatic carbocycles. The summed E-state index contributed by atoms with van der Waals surface area (Å²) in [4.78, 5) is 4.24. The molecule has 0 aliphatic rings. The van der Waals surface area contributed by atoms with Crippen molar-refractivity contribution < 1.29 is 0 Å². The van der Waals surface area contributed by atoms with Crippen molar-refractivity contribution >= 4 is 15.9 Å². The van der Waals surface area contributed by atoms with Crippen molar-refractivity contribution in [2.24, 2.45) is 0 Å². The van der Waals surface area contributed by atoms with E-state index in [1.807, 2.05) is 12.4 Å². The lowest BCUT2D eigenvalue weighted by Gasteiger charge is -2.03. The highest BCUT2D eigenvalue weighted by Gasteiger charge is 1.97. The summed E-state index contributed by atoms with van der Waals surface area (Å²) in [5, 5.41) is 1.06. The van der Waals surface area contributed by atoms with E-state index >= 15 is 0 Å². The molecule has 1 heterocycles. The molecule has 0 aliphatic carbocycles. The number of hydrogen-bond acceptors (Lipinski definition) is 1. The van der Waals surface area contributed by atoms with Gasteiger partial charge in [0.05, 0.1) is 0 Å². The highest BCUT2D eigenvalue weighted by Crippen LogP contribution is 2.00. The highest BCUT2D eigenvalue weighted by molar-refractivity contribution is 9.09. The van der Waals surface area contributed by atoms with E-state index in [0.29, 0.717) is 0 Å². The number of alkyl halides is 1. The summed E-state index contributed by atoms with van der Waals surface area (Å²) in [6.07, 6.45) is 6.10. The van der Waals surface area contributed by atoms with Crippen LogP contribution in [0, 0.1) is 0 Å². The first-order valence-electron chi connectivity index (χ1n) is 3.94. The van der Waals surface area contributed by atoms with Gasteiger partial charge in [0.2, 0.25) is 0 Å². The molecule has 0 bridgehead atoms. The Morgan fingerprint density at radius 3 is 3.09 bits per heavy atom. The van der Waals surface area contributed by atoms with Gasteiger partial charge in [-0.05, 0) is 6.42 Å². The summed E-state index contributed by atoms with van der Waals surface area (Å²) >= 11 is 3.41. The molecule has 2 nitrogen and oxygen atoms in total. The Labute approximate surface area is 75.8 Å². The van der Waals surface area contributed by atoms with Crippen LogP contribution in [-0.2, 0) is 13.0 Å². The fraction of sp³-hybridized carbons (Fsp3) is 0.625. The average molecular weight is 217 g/mol. The zero-order valence-corrected chi connectivity index (χ0v) is 8.34. The fourth-order valence-electron chi connectivity index (χ4n) is 1.09. The number of hydrogen-bond donors (Lipinski definition) is 0. The molecule has 62 valence electrons. The predicted octanol–water partition coefficient (Wildman–Crippen LogP) is 2.23. The minimum atomic E-state index is 1.02. The first kappa shape index (κ1) is 8.78. The Morgan fingerprint density at radius 1 is 1.64 bits per heavy atom. The molecule has 0 radical (unpaired) electrons. The van der Waals surface area contributed by atoms with Crippen LogP contribution < -0.4 is 0 Å². The number of rotatable bonds is 4. The van der Waals surface area contributed by atoms with Gasteiger partial charge in [-0.15, -0.1) is 0 Å². The Morgan fingerprint density at radius 2 is 2.45 bits per heavy atom. The lowest BCUT2D eigenvalue weighted by molar-refractivity contribution is 0.648. The zero-order chi connectivity index (χ0) is 8.10. The van der Waals surface area contributed by atoms with Crippen LogP contribution in [0.1, 0.15) is 19.2 Å². The second-order valence-electron chi connectivity index (χ2n) is 2.43. The second kappa shape index (κ2) is 4.54. The lowest BCUT2D eigenvalue weighted by atomic mass is 10.4. The number of halogens is 1. The van der Waals surface area contributed by atoms with Gasteiger partial charge in [-0.3, -0.25) is 0 Å². The van der Waals surface area contributed by atoms with Gasteiger partial charge in [0, 0.05) is 30.7 Å². The largest absolute Gasteiger partial charge is 0.335 e. The maximum absolute atomic E-state index is 4.24. The van der Waals surface area contributed by atoms with Crippen molar-refractivity contribution in [1.82, 2.24) is 9.55 Å². The summed E-state index contributed by atoms with van der Waals surface area (Å²) in [6, 6.07) is 0. The Hall–Kier alpha value is -0.310. The third-order valence-electron chi connectivity index (χ3n) is 1.65. The quantitative estimate of drug-likeness (QED) is 0.707. The van der Waals surface area contributed by atoms with E-state index < -0.39 is 0 Å². The van der Waals surface area contributed by atoms with E-state index in [-0.39, 0.29) is 0 Å². The van der Waals surface area contributed by atoms with Crippen LogP contribution >= 0.6 is 15.9 Å². The molecule has 1 rings (SSSR count). The standard InChI is InChI=1S/C8H13BrN2/c1-2-8-10-5-7-11(8)6-3-4-9/h5,7H,2-4,6H2,1H3. The first-order chi connectivity index (χ1) is 5.38. The highest BCUT2D eigenvalue weighted by atomic mass is 79.9. The minimum absolute atomic E-state index is 1.02. The predicted molar refractivity (Wildman–Crippen MR) is 50.0 cm³/mol. The van der Waals surface area contributed by atoms with Crippen LogP contribution in [0.5, 0.6) is 0 Å². The topological polar surface area (TPSA) is 17.8 Å². The minimum Gasteiger partial charge on any atom is -0.335 e. The maximum atomic E-state index is 4.24. The van der Waals surface area contributed by atoms with Crippen LogP contribution in [-0.4, -0.2) is 14.9 Å². The smallest absolute Gasteiger partial charge is 0.108 e. The van der Waals surface area contributed by atoms with E-state index in [0.717, 1.165) is 18.3 Å². The van der Waals surface area contributed by atoms with E-state index in [1.54, 1.807) is 0 Å². The van der Waals surface area contributed by atoms with Crippen LogP contribution in [0.15, 0.2) is 12.4 Å². The van der Waals surface area contributed by atoms with Gasteiger partial charge < -0.3 is 4.57 Å². The molecule has 0 amide bonds.